The van der Waals surface area contributed by atoms with Crippen molar-refractivity contribution in [1.82, 2.24) is 10.2 Å². The highest BCUT2D eigenvalue weighted by Crippen LogP contribution is 2.40. The maximum absolute atomic E-state index is 14.2. The first-order chi connectivity index (χ1) is 15.1. The first-order valence-corrected chi connectivity index (χ1v) is 10.5. The Labute approximate surface area is 190 Å². The fraction of sp³-hybridized carbons (Fsp3) is 0.348. The van der Waals surface area contributed by atoms with Crippen molar-refractivity contribution >= 4 is 35.1 Å². The van der Waals surface area contributed by atoms with Gasteiger partial charge >= 0.3 is 5.97 Å². The fourth-order valence-corrected chi connectivity index (χ4v) is 4.27. The third-order valence-electron chi connectivity index (χ3n) is 5.66. The van der Waals surface area contributed by atoms with Crippen LogP contribution < -0.4 is 10.6 Å². The smallest absolute Gasteiger partial charge is 0.317 e. The summed E-state index contributed by atoms with van der Waals surface area (Å²) in [6.45, 7) is 4.19. The lowest BCUT2D eigenvalue weighted by Crippen LogP contribution is -2.66. The second kappa shape index (κ2) is 9.26. The number of carboxylic acid groups (broad SMARTS) is 1. The lowest BCUT2D eigenvalue weighted by molar-refractivity contribution is -0.143. The van der Waals surface area contributed by atoms with Crippen molar-refractivity contribution in [3.63, 3.8) is 0 Å². The van der Waals surface area contributed by atoms with Crippen LogP contribution in [0.25, 0.3) is 0 Å². The Bertz CT molecular complexity index is 1070. The molecule has 1 aliphatic rings. The van der Waals surface area contributed by atoms with Crippen LogP contribution in [0, 0.1) is 5.82 Å². The van der Waals surface area contributed by atoms with Gasteiger partial charge in [-0.05, 0) is 29.2 Å². The molecule has 0 spiro atoms. The minimum absolute atomic E-state index is 0.00524. The third-order valence-corrected chi connectivity index (χ3v) is 5.95. The number of rotatable bonds is 7. The van der Waals surface area contributed by atoms with E-state index in [0.717, 1.165) is 23.3 Å². The number of halogens is 2. The number of aliphatic carboxylic acids is 1. The molecule has 1 saturated heterocycles. The molecule has 1 fully saturated rings. The SMILES string of the molecule is CNC(=O)c1cc(Cl)c(F)cc1NC(=O)C1(c2ccccc2C(C)C)CN(CC(=O)O)C1. The van der Waals surface area contributed by atoms with E-state index in [0.29, 0.717) is 0 Å². The summed E-state index contributed by atoms with van der Waals surface area (Å²) in [6, 6.07) is 9.68. The van der Waals surface area contributed by atoms with Gasteiger partial charge in [-0.3, -0.25) is 19.3 Å². The van der Waals surface area contributed by atoms with Crippen LogP contribution in [0.1, 0.15) is 41.3 Å². The Morgan fingerprint density at radius 1 is 1.22 bits per heavy atom. The van der Waals surface area contributed by atoms with E-state index in [9.17, 15) is 18.8 Å². The first kappa shape index (κ1) is 23.7. The Balaban J connectivity index is 2.03. The van der Waals surface area contributed by atoms with E-state index >= 15 is 0 Å². The molecule has 1 heterocycles. The number of amides is 2. The molecule has 0 unspecified atom stereocenters. The van der Waals surface area contributed by atoms with E-state index in [1.54, 1.807) is 4.90 Å². The summed E-state index contributed by atoms with van der Waals surface area (Å²) < 4.78 is 14.2. The van der Waals surface area contributed by atoms with Crippen molar-refractivity contribution < 1.29 is 23.9 Å². The lowest BCUT2D eigenvalue weighted by Gasteiger charge is -2.49. The average Bonchev–Trinajstić information content (AvgIpc) is 2.71. The number of carbonyl (C=O) groups is 3. The average molecular weight is 462 g/mol. The number of hydrogen-bond donors (Lipinski definition) is 3. The summed E-state index contributed by atoms with van der Waals surface area (Å²) in [5, 5.41) is 14.1. The summed E-state index contributed by atoms with van der Waals surface area (Å²) in [5.74, 6) is -2.61. The predicted octanol–water partition coefficient (Wildman–Crippen LogP) is 3.24. The molecule has 170 valence electrons. The van der Waals surface area contributed by atoms with Gasteiger partial charge in [0.2, 0.25) is 5.91 Å². The molecular formula is C23H25ClFN3O4. The van der Waals surface area contributed by atoms with Gasteiger partial charge in [-0.15, -0.1) is 0 Å². The molecule has 0 atom stereocenters. The maximum atomic E-state index is 14.2. The van der Waals surface area contributed by atoms with Gasteiger partial charge in [0.15, 0.2) is 0 Å². The minimum atomic E-state index is -1.05. The van der Waals surface area contributed by atoms with Gasteiger partial charge in [-0.25, -0.2) is 4.39 Å². The largest absolute Gasteiger partial charge is 0.480 e. The van der Waals surface area contributed by atoms with Crippen LogP contribution in [0.3, 0.4) is 0 Å². The van der Waals surface area contributed by atoms with Crippen molar-refractivity contribution in [1.29, 1.82) is 0 Å². The summed E-state index contributed by atoms with van der Waals surface area (Å²) >= 11 is 5.84. The molecule has 0 radical (unpaired) electrons. The zero-order chi connectivity index (χ0) is 23.6. The molecule has 0 aromatic heterocycles. The molecule has 2 aromatic carbocycles. The maximum Gasteiger partial charge on any atom is 0.317 e. The van der Waals surface area contributed by atoms with Crippen LogP contribution in [-0.2, 0) is 15.0 Å². The van der Waals surface area contributed by atoms with E-state index in [4.69, 9.17) is 16.7 Å². The van der Waals surface area contributed by atoms with Gasteiger partial charge in [0.05, 0.1) is 28.2 Å². The van der Waals surface area contributed by atoms with Gasteiger partial charge in [-0.1, -0.05) is 49.7 Å². The quantitative estimate of drug-likeness (QED) is 0.588. The number of nitrogens with zero attached hydrogens (tertiary/aromatic N) is 1. The highest BCUT2D eigenvalue weighted by Gasteiger charge is 2.52. The number of carboxylic acids is 1. The molecule has 0 bridgehead atoms. The molecule has 7 nitrogen and oxygen atoms in total. The fourth-order valence-electron chi connectivity index (χ4n) is 4.11. The van der Waals surface area contributed by atoms with Crippen LogP contribution in [0.4, 0.5) is 10.1 Å². The van der Waals surface area contributed by atoms with Crippen LogP contribution in [0.5, 0.6) is 0 Å². The highest BCUT2D eigenvalue weighted by atomic mass is 35.5. The summed E-state index contributed by atoms with van der Waals surface area (Å²) in [5.41, 5.74) is 0.721. The van der Waals surface area contributed by atoms with Gasteiger partial charge in [0.25, 0.3) is 5.91 Å². The van der Waals surface area contributed by atoms with Crippen LogP contribution in [0.15, 0.2) is 36.4 Å². The molecule has 3 rings (SSSR count). The Kier molecular flexibility index (Phi) is 6.85. The van der Waals surface area contributed by atoms with Crippen molar-refractivity contribution in [2.24, 2.45) is 0 Å². The summed E-state index contributed by atoms with van der Waals surface area (Å²) in [7, 11) is 1.42. The molecule has 3 N–H and O–H groups in total. The van der Waals surface area contributed by atoms with Crippen molar-refractivity contribution in [2.45, 2.75) is 25.2 Å². The topological polar surface area (TPSA) is 98.7 Å². The molecule has 9 heteroatoms. The number of hydrogen-bond acceptors (Lipinski definition) is 4. The molecule has 2 aromatic rings. The van der Waals surface area contributed by atoms with Crippen molar-refractivity contribution in [3.05, 3.63) is 63.9 Å². The normalized spacial score (nSPS) is 15.2. The number of anilines is 1. The zero-order valence-electron chi connectivity index (χ0n) is 18.0. The van der Waals surface area contributed by atoms with Crippen LogP contribution in [-0.4, -0.2) is 54.5 Å². The lowest BCUT2D eigenvalue weighted by atomic mass is 9.69. The third kappa shape index (κ3) is 4.47. The molecule has 0 saturated carbocycles. The summed E-state index contributed by atoms with van der Waals surface area (Å²) in [4.78, 5) is 38.7. The molecule has 0 aliphatic carbocycles. The molecular weight excluding hydrogens is 437 g/mol. The monoisotopic (exact) mass is 461 g/mol. The number of likely N-dealkylation sites (tertiary alicyclic amines) is 1. The number of nitrogens with one attached hydrogen (secondary N) is 2. The van der Waals surface area contributed by atoms with Crippen molar-refractivity contribution in [3.8, 4) is 0 Å². The van der Waals surface area contributed by atoms with E-state index in [2.05, 4.69) is 10.6 Å². The first-order valence-electron chi connectivity index (χ1n) is 10.1. The second-order valence-corrected chi connectivity index (χ2v) is 8.62. The predicted molar refractivity (Wildman–Crippen MR) is 120 cm³/mol. The standard InChI is InChI=1S/C23H25ClFN3O4/c1-13(2)14-6-4-5-7-16(14)23(11-28(12-23)10-20(29)30)22(32)27-19-9-18(25)17(24)8-15(19)21(31)26-3/h4-9,13H,10-12H2,1-3H3,(H,26,31)(H,27,32)(H,29,30). The Morgan fingerprint density at radius 3 is 2.47 bits per heavy atom. The Morgan fingerprint density at radius 2 is 1.88 bits per heavy atom. The van der Waals surface area contributed by atoms with Crippen LogP contribution in [0.2, 0.25) is 5.02 Å². The van der Waals surface area contributed by atoms with Crippen molar-refractivity contribution in [2.75, 3.05) is 32.0 Å². The van der Waals surface area contributed by atoms with E-state index < -0.39 is 29.0 Å². The van der Waals surface area contributed by atoms with E-state index in [-0.39, 0.29) is 41.8 Å². The highest BCUT2D eigenvalue weighted by molar-refractivity contribution is 6.31. The Hall–Kier alpha value is -2.97. The van der Waals surface area contributed by atoms with Gasteiger partial charge in [0, 0.05) is 20.1 Å². The van der Waals surface area contributed by atoms with E-state index in [1.165, 1.54) is 7.05 Å². The molecule has 1 aliphatic heterocycles. The number of carbonyl (C=O) groups excluding carboxylic acids is 2. The minimum Gasteiger partial charge on any atom is -0.480 e. The second-order valence-electron chi connectivity index (χ2n) is 8.21. The van der Waals surface area contributed by atoms with Gasteiger partial charge in [-0.2, -0.15) is 0 Å². The number of benzene rings is 2. The molecule has 32 heavy (non-hydrogen) atoms. The zero-order valence-corrected chi connectivity index (χ0v) is 18.8. The van der Waals surface area contributed by atoms with E-state index in [1.807, 2.05) is 38.1 Å². The molecule has 2 amide bonds. The summed E-state index contributed by atoms with van der Waals surface area (Å²) in [6.07, 6.45) is 0. The van der Waals surface area contributed by atoms with Gasteiger partial charge in [0.1, 0.15) is 5.82 Å². The van der Waals surface area contributed by atoms with Gasteiger partial charge < -0.3 is 15.7 Å². The van der Waals surface area contributed by atoms with Crippen LogP contribution >= 0.6 is 11.6 Å².